The third-order valence-corrected chi connectivity index (χ3v) is 2.73. The number of amides is 1. The lowest BCUT2D eigenvalue weighted by molar-refractivity contribution is -0.115. The maximum absolute atomic E-state index is 11.9. The van der Waals surface area contributed by atoms with E-state index in [0.29, 0.717) is 5.95 Å². The molecule has 19 heavy (non-hydrogen) atoms. The fourth-order valence-electron chi connectivity index (χ4n) is 1.88. The van der Waals surface area contributed by atoms with Crippen LogP contribution in [0.3, 0.4) is 0 Å². The van der Waals surface area contributed by atoms with Gasteiger partial charge in [0.05, 0.1) is 12.7 Å². The van der Waals surface area contributed by atoms with Crippen LogP contribution in [0.4, 0.5) is 5.95 Å². The van der Waals surface area contributed by atoms with Crippen molar-refractivity contribution in [2.75, 3.05) is 5.32 Å². The summed E-state index contributed by atoms with van der Waals surface area (Å²) < 4.78 is 5.39. The molecule has 0 spiro atoms. The second kappa shape index (κ2) is 4.89. The van der Waals surface area contributed by atoms with Gasteiger partial charge in [0.1, 0.15) is 5.58 Å². The van der Waals surface area contributed by atoms with E-state index in [4.69, 9.17) is 4.42 Å². The number of benzene rings is 1. The summed E-state index contributed by atoms with van der Waals surface area (Å²) in [6.07, 6.45) is 5.00. The van der Waals surface area contributed by atoms with Crippen molar-refractivity contribution in [2.24, 2.45) is 0 Å². The lowest BCUT2D eigenvalue weighted by atomic mass is 10.1. The van der Waals surface area contributed by atoms with Crippen molar-refractivity contribution in [3.63, 3.8) is 0 Å². The van der Waals surface area contributed by atoms with Gasteiger partial charge < -0.3 is 4.42 Å². The molecule has 0 atom stereocenters. The van der Waals surface area contributed by atoms with Crippen molar-refractivity contribution < 1.29 is 9.21 Å². The molecular weight excluding hydrogens is 242 g/mol. The zero-order valence-corrected chi connectivity index (χ0v) is 10.0. The molecule has 1 N–H and O–H groups in total. The van der Waals surface area contributed by atoms with Gasteiger partial charge in [-0.3, -0.25) is 10.1 Å². The van der Waals surface area contributed by atoms with E-state index < -0.39 is 0 Å². The van der Waals surface area contributed by atoms with Crippen molar-refractivity contribution in [1.29, 1.82) is 0 Å². The molecule has 0 aliphatic carbocycles. The molecule has 0 bridgehead atoms. The fraction of sp³-hybridized carbons (Fsp3) is 0.0714. The van der Waals surface area contributed by atoms with E-state index in [1.165, 1.54) is 0 Å². The first kappa shape index (κ1) is 11.4. The van der Waals surface area contributed by atoms with Crippen LogP contribution >= 0.6 is 0 Å². The molecule has 0 aliphatic heterocycles. The lowest BCUT2D eigenvalue weighted by Gasteiger charge is -2.01. The third-order valence-electron chi connectivity index (χ3n) is 2.73. The predicted octanol–water partition coefficient (Wildman–Crippen LogP) is 2.40. The largest absolute Gasteiger partial charge is 0.464 e. The van der Waals surface area contributed by atoms with Gasteiger partial charge in [0, 0.05) is 23.3 Å². The number of nitrogens with one attached hydrogen (secondary N) is 1. The molecule has 3 aromatic rings. The summed E-state index contributed by atoms with van der Waals surface area (Å²) in [5.41, 5.74) is 1.63. The Morgan fingerprint density at radius 3 is 2.79 bits per heavy atom. The van der Waals surface area contributed by atoms with Gasteiger partial charge in [0.2, 0.25) is 11.9 Å². The quantitative estimate of drug-likeness (QED) is 0.778. The van der Waals surface area contributed by atoms with Crippen molar-refractivity contribution in [3.8, 4) is 0 Å². The van der Waals surface area contributed by atoms with E-state index in [-0.39, 0.29) is 12.3 Å². The van der Waals surface area contributed by atoms with Crippen LogP contribution in [0.25, 0.3) is 11.0 Å². The third kappa shape index (κ3) is 2.44. The Labute approximate surface area is 109 Å². The van der Waals surface area contributed by atoms with Gasteiger partial charge in [0.15, 0.2) is 0 Å². The first-order valence-electron chi connectivity index (χ1n) is 5.85. The Morgan fingerprint density at radius 1 is 1.16 bits per heavy atom. The molecule has 5 nitrogen and oxygen atoms in total. The minimum Gasteiger partial charge on any atom is -0.464 e. The smallest absolute Gasteiger partial charge is 0.231 e. The van der Waals surface area contributed by atoms with Crippen LogP contribution in [0, 0.1) is 0 Å². The number of aromatic nitrogens is 2. The molecule has 3 rings (SSSR count). The predicted molar refractivity (Wildman–Crippen MR) is 70.6 cm³/mol. The first-order valence-corrected chi connectivity index (χ1v) is 5.85. The van der Waals surface area contributed by atoms with Crippen LogP contribution in [0.1, 0.15) is 5.56 Å². The van der Waals surface area contributed by atoms with Gasteiger partial charge in [-0.1, -0.05) is 18.2 Å². The number of fused-ring (bicyclic) bond motifs is 1. The lowest BCUT2D eigenvalue weighted by Crippen LogP contribution is -2.15. The number of rotatable bonds is 3. The zero-order chi connectivity index (χ0) is 13.1. The highest BCUT2D eigenvalue weighted by Gasteiger charge is 2.10. The van der Waals surface area contributed by atoms with E-state index >= 15 is 0 Å². The van der Waals surface area contributed by atoms with Gasteiger partial charge in [-0.05, 0) is 12.1 Å². The standard InChI is InChI=1S/C14H11N3O2/c18-13(17-14-15-6-3-7-16-14)8-10-9-19-12-5-2-1-4-11(10)12/h1-7,9H,8H2,(H,15,16,17,18). The molecule has 0 aliphatic rings. The molecule has 0 unspecified atom stereocenters. The average Bonchev–Trinajstić information content (AvgIpc) is 2.83. The maximum atomic E-state index is 11.9. The minimum atomic E-state index is -0.169. The van der Waals surface area contributed by atoms with Gasteiger partial charge >= 0.3 is 0 Å². The Balaban J connectivity index is 1.76. The number of hydrogen-bond donors (Lipinski definition) is 1. The summed E-state index contributed by atoms with van der Waals surface area (Å²) in [5, 5.41) is 3.59. The first-order chi connectivity index (χ1) is 9.33. The fourth-order valence-corrected chi connectivity index (χ4v) is 1.88. The molecule has 0 radical (unpaired) electrons. The summed E-state index contributed by atoms with van der Waals surface area (Å²) in [4.78, 5) is 19.8. The molecule has 0 saturated heterocycles. The van der Waals surface area contributed by atoms with Crippen LogP contribution in [0.15, 0.2) is 53.4 Å². The number of carbonyl (C=O) groups is 1. The van der Waals surface area contributed by atoms with Crippen LogP contribution in [-0.4, -0.2) is 15.9 Å². The molecule has 2 heterocycles. The number of furan rings is 1. The Bertz CT molecular complexity index is 707. The number of carbonyl (C=O) groups excluding carboxylic acids is 1. The summed E-state index contributed by atoms with van der Waals surface area (Å²) in [6, 6.07) is 9.31. The van der Waals surface area contributed by atoms with Crippen molar-refractivity contribution in [1.82, 2.24) is 9.97 Å². The molecule has 2 aromatic heterocycles. The normalized spacial score (nSPS) is 10.5. The van der Waals surface area contributed by atoms with Gasteiger partial charge in [0.25, 0.3) is 0 Å². The van der Waals surface area contributed by atoms with E-state index in [9.17, 15) is 4.79 Å². The van der Waals surface area contributed by atoms with Crippen LogP contribution in [0.5, 0.6) is 0 Å². The van der Waals surface area contributed by atoms with Crippen LogP contribution < -0.4 is 5.32 Å². The molecule has 1 aromatic carbocycles. The SMILES string of the molecule is O=C(Cc1coc2ccccc12)Nc1ncccn1. The van der Waals surface area contributed by atoms with Crippen molar-refractivity contribution in [3.05, 3.63) is 54.6 Å². The highest BCUT2D eigenvalue weighted by atomic mass is 16.3. The molecular formula is C14H11N3O2. The number of nitrogens with zero attached hydrogens (tertiary/aromatic N) is 2. The van der Waals surface area contributed by atoms with Gasteiger partial charge in [-0.25, -0.2) is 9.97 Å². The highest BCUT2D eigenvalue weighted by Crippen LogP contribution is 2.21. The summed E-state index contributed by atoms with van der Waals surface area (Å²) in [5.74, 6) is 0.137. The maximum Gasteiger partial charge on any atom is 0.231 e. The van der Waals surface area contributed by atoms with Crippen molar-refractivity contribution in [2.45, 2.75) is 6.42 Å². The topological polar surface area (TPSA) is 68.0 Å². The van der Waals surface area contributed by atoms with Crippen LogP contribution in [0.2, 0.25) is 0 Å². The van der Waals surface area contributed by atoms with E-state index in [1.54, 1.807) is 24.7 Å². The zero-order valence-electron chi connectivity index (χ0n) is 10.0. The minimum absolute atomic E-state index is 0.169. The van der Waals surface area contributed by atoms with E-state index in [1.807, 2.05) is 24.3 Å². The van der Waals surface area contributed by atoms with E-state index in [2.05, 4.69) is 15.3 Å². The molecule has 0 fully saturated rings. The monoisotopic (exact) mass is 253 g/mol. The van der Waals surface area contributed by atoms with Crippen LogP contribution in [-0.2, 0) is 11.2 Å². The molecule has 0 saturated carbocycles. The Morgan fingerprint density at radius 2 is 1.95 bits per heavy atom. The van der Waals surface area contributed by atoms with Gasteiger partial charge in [-0.2, -0.15) is 0 Å². The number of para-hydroxylation sites is 1. The summed E-state index contributed by atoms with van der Waals surface area (Å²) in [6.45, 7) is 0. The average molecular weight is 253 g/mol. The summed E-state index contributed by atoms with van der Waals surface area (Å²) >= 11 is 0. The molecule has 5 heteroatoms. The number of hydrogen-bond acceptors (Lipinski definition) is 4. The second-order valence-corrected chi connectivity index (χ2v) is 4.05. The second-order valence-electron chi connectivity index (χ2n) is 4.05. The van der Waals surface area contributed by atoms with Gasteiger partial charge in [-0.15, -0.1) is 0 Å². The molecule has 1 amide bonds. The van der Waals surface area contributed by atoms with Crippen molar-refractivity contribution >= 4 is 22.8 Å². The number of anilines is 1. The molecule has 94 valence electrons. The Hall–Kier alpha value is -2.69. The van der Waals surface area contributed by atoms with E-state index in [0.717, 1.165) is 16.5 Å². The summed E-state index contributed by atoms with van der Waals surface area (Å²) in [7, 11) is 0. The highest BCUT2D eigenvalue weighted by molar-refractivity contribution is 5.94. The Kier molecular flexibility index (Phi) is 2.94.